The van der Waals surface area contributed by atoms with Gasteiger partial charge in [-0.1, -0.05) is 0 Å². The lowest BCUT2D eigenvalue weighted by Crippen LogP contribution is -2.39. The van der Waals surface area contributed by atoms with E-state index in [9.17, 15) is 14.4 Å². The van der Waals surface area contributed by atoms with E-state index in [2.05, 4.69) is 0 Å². The Bertz CT molecular complexity index is 425. The highest BCUT2D eigenvalue weighted by atomic mass is 16.6. The summed E-state index contributed by atoms with van der Waals surface area (Å²) in [5, 5.41) is 0. The van der Waals surface area contributed by atoms with Gasteiger partial charge in [0.2, 0.25) is 0 Å². The molecular formula is C16H26O5. The third-order valence-electron chi connectivity index (χ3n) is 3.08. The van der Waals surface area contributed by atoms with Crippen molar-refractivity contribution in [3.8, 4) is 0 Å². The van der Waals surface area contributed by atoms with Crippen molar-refractivity contribution in [2.24, 2.45) is 11.8 Å². The molecule has 0 aromatic rings. The molecule has 0 N–H and O–H groups in total. The molecule has 0 aliphatic heterocycles. The van der Waals surface area contributed by atoms with Gasteiger partial charge in [-0.25, -0.2) is 0 Å². The minimum Gasteiger partial charge on any atom is -0.460 e. The standard InChI is InChI=1S/C16H26O5/c1-15(2,3)20-13(18)10-7-8-12(17)11(9-10)14(19)21-16(4,5)6/h10-11H,7-9H2,1-6H3. The summed E-state index contributed by atoms with van der Waals surface area (Å²) in [6.07, 6.45) is 0.837. The minimum absolute atomic E-state index is 0.149. The quantitative estimate of drug-likeness (QED) is 0.579. The van der Waals surface area contributed by atoms with Gasteiger partial charge in [0.25, 0.3) is 0 Å². The van der Waals surface area contributed by atoms with E-state index in [1.54, 1.807) is 41.5 Å². The summed E-state index contributed by atoms with van der Waals surface area (Å²) in [6, 6.07) is 0. The molecule has 1 aliphatic rings. The fourth-order valence-corrected chi connectivity index (χ4v) is 2.22. The Kier molecular flexibility index (Phi) is 5.18. The van der Waals surface area contributed by atoms with Crippen molar-refractivity contribution in [1.82, 2.24) is 0 Å². The van der Waals surface area contributed by atoms with Gasteiger partial charge in [0.1, 0.15) is 22.9 Å². The first-order chi connectivity index (χ1) is 9.39. The number of rotatable bonds is 2. The molecule has 5 heteroatoms. The second kappa shape index (κ2) is 6.16. The second-order valence-electron chi connectivity index (χ2n) is 7.56. The average Bonchev–Trinajstić information content (AvgIpc) is 2.24. The predicted molar refractivity (Wildman–Crippen MR) is 77.5 cm³/mol. The Labute approximate surface area is 126 Å². The average molecular weight is 298 g/mol. The zero-order valence-electron chi connectivity index (χ0n) is 13.8. The van der Waals surface area contributed by atoms with E-state index in [4.69, 9.17) is 9.47 Å². The van der Waals surface area contributed by atoms with Crippen LogP contribution in [0.2, 0.25) is 0 Å². The Balaban J connectivity index is 2.72. The minimum atomic E-state index is -0.851. The van der Waals surface area contributed by atoms with Crippen molar-refractivity contribution in [2.75, 3.05) is 0 Å². The molecule has 5 nitrogen and oxygen atoms in total. The molecule has 120 valence electrons. The molecule has 0 amide bonds. The summed E-state index contributed by atoms with van der Waals surface area (Å²) < 4.78 is 10.6. The van der Waals surface area contributed by atoms with Gasteiger partial charge >= 0.3 is 11.9 Å². The molecule has 0 saturated heterocycles. The highest BCUT2D eigenvalue weighted by Crippen LogP contribution is 2.30. The third-order valence-corrected chi connectivity index (χ3v) is 3.08. The van der Waals surface area contributed by atoms with Crippen LogP contribution in [0.5, 0.6) is 0 Å². The summed E-state index contributed by atoms with van der Waals surface area (Å²) in [4.78, 5) is 36.1. The fraction of sp³-hybridized carbons (Fsp3) is 0.812. The summed E-state index contributed by atoms with van der Waals surface area (Å²) in [7, 11) is 0. The molecule has 0 heterocycles. The van der Waals surface area contributed by atoms with Gasteiger partial charge in [-0.15, -0.1) is 0 Å². The zero-order valence-corrected chi connectivity index (χ0v) is 13.8. The molecule has 0 bridgehead atoms. The lowest BCUT2D eigenvalue weighted by atomic mass is 9.80. The largest absolute Gasteiger partial charge is 0.460 e. The molecule has 0 aromatic carbocycles. The molecule has 2 atom stereocenters. The van der Waals surface area contributed by atoms with Gasteiger partial charge in [0.15, 0.2) is 0 Å². The van der Waals surface area contributed by atoms with E-state index in [-0.39, 0.29) is 24.6 Å². The van der Waals surface area contributed by atoms with Crippen LogP contribution < -0.4 is 0 Å². The van der Waals surface area contributed by atoms with Crippen LogP contribution in [0.4, 0.5) is 0 Å². The maximum Gasteiger partial charge on any atom is 0.317 e. The van der Waals surface area contributed by atoms with Crippen molar-refractivity contribution < 1.29 is 23.9 Å². The van der Waals surface area contributed by atoms with E-state index in [1.807, 2.05) is 0 Å². The van der Waals surface area contributed by atoms with Gasteiger partial charge in [-0.3, -0.25) is 14.4 Å². The van der Waals surface area contributed by atoms with E-state index in [0.29, 0.717) is 6.42 Å². The number of ether oxygens (including phenoxy) is 2. The van der Waals surface area contributed by atoms with Gasteiger partial charge in [0.05, 0.1) is 5.92 Å². The zero-order chi connectivity index (χ0) is 16.4. The number of ketones is 1. The number of hydrogen-bond acceptors (Lipinski definition) is 5. The summed E-state index contributed by atoms with van der Waals surface area (Å²) in [5.41, 5.74) is -1.21. The molecule has 0 radical (unpaired) electrons. The number of carbonyl (C=O) groups excluding carboxylic acids is 3. The number of esters is 2. The summed E-state index contributed by atoms with van der Waals surface area (Å²) in [6.45, 7) is 10.6. The van der Waals surface area contributed by atoms with Gasteiger partial charge in [-0.2, -0.15) is 0 Å². The molecule has 1 fully saturated rings. The number of Topliss-reactive ketones (excluding diaryl/α,β-unsaturated/α-hetero) is 1. The van der Waals surface area contributed by atoms with Gasteiger partial charge in [0, 0.05) is 6.42 Å². The summed E-state index contributed by atoms with van der Waals surface area (Å²) >= 11 is 0. The molecule has 21 heavy (non-hydrogen) atoms. The molecule has 1 aliphatic carbocycles. The Morgan fingerprint density at radius 3 is 1.90 bits per heavy atom. The maximum absolute atomic E-state index is 12.1. The second-order valence-corrected chi connectivity index (χ2v) is 7.56. The van der Waals surface area contributed by atoms with Gasteiger partial charge < -0.3 is 9.47 Å². The first-order valence-corrected chi connectivity index (χ1v) is 7.37. The molecule has 0 spiro atoms. The van der Waals surface area contributed by atoms with Crippen LogP contribution in [0.15, 0.2) is 0 Å². The third kappa shape index (κ3) is 5.86. The molecular weight excluding hydrogens is 272 g/mol. The highest BCUT2D eigenvalue weighted by molar-refractivity contribution is 6.00. The summed E-state index contributed by atoms with van der Waals surface area (Å²) in [5.74, 6) is -2.30. The highest BCUT2D eigenvalue weighted by Gasteiger charge is 2.40. The monoisotopic (exact) mass is 298 g/mol. The molecule has 2 unspecified atom stereocenters. The van der Waals surface area contributed by atoms with E-state index >= 15 is 0 Å². The smallest absolute Gasteiger partial charge is 0.317 e. The van der Waals surface area contributed by atoms with Crippen molar-refractivity contribution in [2.45, 2.75) is 72.0 Å². The Morgan fingerprint density at radius 1 is 0.952 bits per heavy atom. The van der Waals surface area contributed by atoms with Crippen LogP contribution in [0.3, 0.4) is 0 Å². The Morgan fingerprint density at radius 2 is 1.43 bits per heavy atom. The van der Waals surface area contributed by atoms with Crippen LogP contribution in [-0.2, 0) is 23.9 Å². The lowest BCUT2D eigenvalue weighted by molar-refractivity contribution is -0.167. The molecule has 1 saturated carbocycles. The van der Waals surface area contributed by atoms with Crippen LogP contribution in [0.1, 0.15) is 60.8 Å². The first kappa shape index (κ1) is 17.7. The molecule has 1 rings (SSSR count). The van der Waals surface area contributed by atoms with Crippen molar-refractivity contribution in [1.29, 1.82) is 0 Å². The predicted octanol–water partition coefficient (Wildman–Crippen LogP) is 2.66. The van der Waals surface area contributed by atoms with E-state index in [0.717, 1.165) is 0 Å². The topological polar surface area (TPSA) is 69.7 Å². The van der Waals surface area contributed by atoms with Crippen molar-refractivity contribution in [3.05, 3.63) is 0 Å². The van der Waals surface area contributed by atoms with Crippen LogP contribution in [0, 0.1) is 11.8 Å². The van der Waals surface area contributed by atoms with Crippen LogP contribution >= 0.6 is 0 Å². The van der Waals surface area contributed by atoms with Crippen LogP contribution in [-0.4, -0.2) is 28.9 Å². The normalized spacial score (nSPS) is 23.6. The van der Waals surface area contributed by atoms with Crippen molar-refractivity contribution >= 4 is 17.7 Å². The number of carbonyl (C=O) groups is 3. The maximum atomic E-state index is 12.1. The SMILES string of the molecule is CC(C)(C)OC(=O)C1CCC(=O)C(C(=O)OC(C)(C)C)C1. The Hall–Kier alpha value is -1.39. The lowest BCUT2D eigenvalue weighted by Gasteiger charge is -2.30. The first-order valence-electron chi connectivity index (χ1n) is 7.37. The van der Waals surface area contributed by atoms with Crippen molar-refractivity contribution in [3.63, 3.8) is 0 Å². The van der Waals surface area contributed by atoms with Crippen LogP contribution in [0.25, 0.3) is 0 Å². The fourth-order valence-electron chi connectivity index (χ4n) is 2.22. The number of hydrogen-bond donors (Lipinski definition) is 0. The van der Waals surface area contributed by atoms with E-state index < -0.39 is 29.0 Å². The van der Waals surface area contributed by atoms with E-state index in [1.165, 1.54) is 0 Å². The van der Waals surface area contributed by atoms with Gasteiger partial charge in [-0.05, 0) is 54.4 Å². The molecule has 0 aromatic heterocycles.